The van der Waals surface area contributed by atoms with Gasteiger partial charge in [-0.15, -0.1) is 0 Å². The van der Waals surface area contributed by atoms with Crippen LogP contribution < -0.4 is 5.32 Å². The van der Waals surface area contributed by atoms with Gasteiger partial charge in [0.15, 0.2) is 0 Å². The highest BCUT2D eigenvalue weighted by atomic mass is 16.6. The lowest BCUT2D eigenvalue weighted by atomic mass is 9.80. The molecule has 8 heteroatoms. The molecule has 164 valence electrons. The molecule has 1 N–H and O–H groups in total. The Balaban J connectivity index is 1.71. The van der Waals surface area contributed by atoms with Gasteiger partial charge in [0.25, 0.3) is 0 Å². The van der Waals surface area contributed by atoms with Gasteiger partial charge in [0.05, 0.1) is 30.8 Å². The van der Waals surface area contributed by atoms with E-state index in [1.165, 1.54) is 7.11 Å². The van der Waals surface area contributed by atoms with E-state index < -0.39 is 17.9 Å². The summed E-state index contributed by atoms with van der Waals surface area (Å²) in [7, 11) is 1.31. The van der Waals surface area contributed by atoms with E-state index in [9.17, 15) is 9.59 Å². The number of benzene rings is 2. The molecule has 1 aromatic heterocycles. The second-order valence-electron chi connectivity index (χ2n) is 7.48. The average Bonchev–Trinajstić information content (AvgIpc) is 3.28. The predicted molar refractivity (Wildman–Crippen MR) is 116 cm³/mol. The molecule has 0 amide bonds. The van der Waals surface area contributed by atoms with Gasteiger partial charge in [0.1, 0.15) is 11.0 Å². The van der Waals surface area contributed by atoms with Crippen molar-refractivity contribution in [1.29, 1.82) is 0 Å². The molecule has 0 fully saturated rings. The largest absolute Gasteiger partial charge is 0.466 e. The van der Waals surface area contributed by atoms with Crippen LogP contribution in [0.5, 0.6) is 0 Å². The number of carbonyl (C=O) groups excluding carboxylic acids is 2. The molecule has 2 aromatic carbocycles. The van der Waals surface area contributed by atoms with Crippen molar-refractivity contribution in [3.63, 3.8) is 0 Å². The summed E-state index contributed by atoms with van der Waals surface area (Å²) in [6, 6.07) is 15.1. The Morgan fingerprint density at radius 1 is 0.969 bits per heavy atom. The maximum absolute atomic E-state index is 13.3. The molecular formula is C24H23N3O5. The molecule has 0 aliphatic carbocycles. The fraction of sp³-hybridized carbons (Fsp3) is 0.250. The van der Waals surface area contributed by atoms with Gasteiger partial charge in [0, 0.05) is 17.8 Å². The maximum atomic E-state index is 13.3. The molecule has 4 rings (SSSR count). The van der Waals surface area contributed by atoms with Crippen LogP contribution in [0.3, 0.4) is 0 Å². The van der Waals surface area contributed by atoms with Crippen molar-refractivity contribution in [2.45, 2.75) is 26.2 Å². The van der Waals surface area contributed by atoms with Crippen LogP contribution in [-0.4, -0.2) is 36.0 Å². The standard InChI is InChI=1S/C24H23N3O5/c1-14-19(23(28)30-3)21(17-10-7-11-18-22(17)27-32-26-18)20(15(2)25-14)24(29)31-13-12-16-8-5-4-6-9-16/h4-11,21,25H,12-13H2,1-3H3. The first-order valence-corrected chi connectivity index (χ1v) is 10.2. The van der Waals surface area contributed by atoms with Gasteiger partial charge in [-0.3, -0.25) is 0 Å². The van der Waals surface area contributed by atoms with Crippen molar-refractivity contribution in [1.82, 2.24) is 15.6 Å². The summed E-state index contributed by atoms with van der Waals surface area (Å²) < 4.78 is 15.6. The van der Waals surface area contributed by atoms with Crippen molar-refractivity contribution in [2.24, 2.45) is 0 Å². The summed E-state index contributed by atoms with van der Waals surface area (Å²) in [6.45, 7) is 3.75. The van der Waals surface area contributed by atoms with E-state index in [-0.39, 0.29) is 6.61 Å². The fourth-order valence-electron chi connectivity index (χ4n) is 4.00. The molecule has 1 aliphatic rings. The topological polar surface area (TPSA) is 104 Å². The van der Waals surface area contributed by atoms with Crippen LogP contribution in [0.25, 0.3) is 11.0 Å². The van der Waals surface area contributed by atoms with Gasteiger partial charge in [-0.25, -0.2) is 14.2 Å². The molecule has 0 bridgehead atoms. The quantitative estimate of drug-likeness (QED) is 0.590. The second kappa shape index (κ2) is 9.05. The molecule has 1 unspecified atom stereocenters. The van der Waals surface area contributed by atoms with Gasteiger partial charge in [-0.1, -0.05) is 42.5 Å². The highest BCUT2D eigenvalue weighted by molar-refractivity contribution is 6.01. The van der Waals surface area contributed by atoms with Crippen LogP contribution in [0.1, 0.15) is 30.9 Å². The summed E-state index contributed by atoms with van der Waals surface area (Å²) in [6.07, 6.45) is 0.582. The van der Waals surface area contributed by atoms with E-state index in [0.29, 0.717) is 45.6 Å². The number of hydrogen-bond donors (Lipinski definition) is 1. The Bertz CT molecular complexity index is 1230. The van der Waals surface area contributed by atoms with Crippen molar-refractivity contribution < 1.29 is 23.7 Å². The molecule has 0 radical (unpaired) electrons. The predicted octanol–water partition coefficient (Wildman–Crippen LogP) is 3.42. The lowest BCUT2D eigenvalue weighted by molar-refractivity contribution is -0.139. The lowest BCUT2D eigenvalue weighted by Crippen LogP contribution is -2.32. The van der Waals surface area contributed by atoms with E-state index in [1.54, 1.807) is 32.0 Å². The number of nitrogens with one attached hydrogen (secondary N) is 1. The zero-order chi connectivity index (χ0) is 22.7. The smallest absolute Gasteiger partial charge is 0.336 e. The molecule has 0 spiro atoms. The van der Waals surface area contributed by atoms with Crippen molar-refractivity contribution in [3.05, 3.63) is 82.2 Å². The van der Waals surface area contributed by atoms with Crippen molar-refractivity contribution in [3.8, 4) is 0 Å². The summed E-state index contributed by atoms with van der Waals surface area (Å²) in [5.74, 6) is -1.81. The van der Waals surface area contributed by atoms with Crippen LogP contribution in [-0.2, 0) is 25.5 Å². The van der Waals surface area contributed by atoms with Gasteiger partial charge < -0.3 is 14.8 Å². The Morgan fingerprint density at radius 2 is 1.69 bits per heavy atom. The molecule has 0 saturated heterocycles. The number of rotatable bonds is 6. The van der Waals surface area contributed by atoms with E-state index in [4.69, 9.17) is 14.1 Å². The third-order valence-electron chi connectivity index (χ3n) is 5.48. The van der Waals surface area contributed by atoms with Crippen molar-refractivity contribution in [2.75, 3.05) is 13.7 Å². The third-order valence-corrected chi connectivity index (χ3v) is 5.48. The molecule has 2 heterocycles. The number of esters is 2. The normalized spacial score (nSPS) is 16.2. The number of allylic oxidation sites excluding steroid dienone is 2. The van der Waals surface area contributed by atoms with Crippen molar-refractivity contribution >= 4 is 23.0 Å². The molecule has 3 aromatic rings. The lowest BCUT2D eigenvalue weighted by Gasteiger charge is -2.30. The van der Waals surface area contributed by atoms with Crippen LogP contribution in [0.2, 0.25) is 0 Å². The van der Waals surface area contributed by atoms with Gasteiger partial charge in [-0.2, -0.15) is 0 Å². The number of ether oxygens (including phenoxy) is 2. The van der Waals surface area contributed by atoms with E-state index in [0.717, 1.165) is 5.56 Å². The minimum atomic E-state index is -0.747. The molecule has 1 aliphatic heterocycles. The van der Waals surface area contributed by atoms with Crippen LogP contribution in [0.15, 0.2) is 75.7 Å². The van der Waals surface area contributed by atoms with Gasteiger partial charge >= 0.3 is 11.9 Å². The Morgan fingerprint density at radius 3 is 2.41 bits per heavy atom. The van der Waals surface area contributed by atoms with Crippen LogP contribution in [0, 0.1) is 0 Å². The fourth-order valence-corrected chi connectivity index (χ4v) is 4.00. The molecule has 8 nitrogen and oxygen atoms in total. The second-order valence-corrected chi connectivity index (χ2v) is 7.48. The summed E-state index contributed by atoms with van der Waals surface area (Å²) in [4.78, 5) is 26.0. The number of methoxy groups -OCH3 is 1. The molecular weight excluding hydrogens is 410 g/mol. The Hall–Kier alpha value is -3.94. The monoisotopic (exact) mass is 433 g/mol. The number of fused-ring (bicyclic) bond motifs is 1. The average molecular weight is 433 g/mol. The number of carbonyl (C=O) groups is 2. The van der Waals surface area contributed by atoms with E-state index >= 15 is 0 Å². The minimum absolute atomic E-state index is 0.207. The number of dihydropyridines is 1. The SMILES string of the molecule is COC(=O)C1=C(C)NC(C)=C(C(=O)OCCc2ccccc2)C1c1cccc2nonc12. The van der Waals surface area contributed by atoms with Crippen LogP contribution in [0.4, 0.5) is 0 Å². The first-order valence-electron chi connectivity index (χ1n) is 10.2. The highest BCUT2D eigenvalue weighted by Crippen LogP contribution is 2.41. The Kier molecular flexibility index (Phi) is 6.02. The number of aromatic nitrogens is 2. The first-order chi connectivity index (χ1) is 15.5. The van der Waals surface area contributed by atoms with E-state index in [1.807, 2.05) is 30.3 Å². The third kappa shape index (κ3) is 3.99. The first kappa shape index (κ1) is 21.3. The van der Waals surface area contributed by atoms with E-state index in [2.05, 4.69) is 15.6 Å². The number of nitrogens with zero attached hydrogens (tertiary/aromatic N) is 2. The molecule has 32 heavy (non-hydrogen) atoms. The summed E-state index contributed by atoms with van der Waals surface area (Å²) in [5.41, 5.74) is 4.48. The maximum Gasteiger partial charge on any atom is 0.336 e. The number of hydrogen-bond acceptors (Lipinski definition) is 8. The molecule has 1 atom stereocenters. The molecule has 0 saturated carbocycles. The van der Waals surface area contributed by atoms with Gasteiger partial charge in [-0.05, 0) is 41.4 Å². The minimum Gasteiger partial charge on any atom is -0.466 e. The zero-order valence-corrected chi connectivity index (χ0v) is 18.0. The zero-order valence-electron chi connectivity index (χ0n) is 18.0. The Labute approximate surface area is 184 Å². The van der Waals surface area contributed by atoms with Gasteiger partial charge in [0.2, 0.25) is 0 Å². The highest BCUT2D eigenvalue weighted by Gasteiger charge is 2.39. The summed E-state index contributed by atoms with van der Waals surface area (Å²) >= 11 is 0. The van der Waals surface area contributed by atoms with Crippen LogP contribution >= 0.6 is 0 Å². The summed E-state index contributed by atoms with van der Waals surface area (Å²) in [5, 5.41) is 11.0.